The van der Waals surface area contributed by atoms with Crippen LogP contribution in [0.5, 0.6) is 0 Å². The summed E-state index contributed by atoms with van der Waals surface area (Å²) in [5.41, 5.74) is 23.5. The Morgan fingerprint density at radius 1 is 0.480 bits per heavy atom. The summed E-state index contributed by atoms with van der Waals surface area (Å²) in [5.74, 6) is 0. The molecule has 4 nitrogen and oxygen atoms in total. The van der Waals surface area contributed by atoms with Crippen LogP contribution in [-0.4, -0.2) is 7.28 Å². The van der Waals surface area contributed by atoms with Crippen LogP contribution in [0.2, 0.25) is 0 Å². The summed E-state index contributed by atoms with van der Waals surface area (Å²) in [6, 6.07) is 58.7. The Kier molecular flexibility index (Phi) is 10.5. The summed E-state index contributed by atoms with van der Waals surface area (Å²) < 4.78 is 14.6. The lowest BCUT2D eigenvalue weighted by Crippen LogP contribution is -2.40. The number of fused-ring (bicyclic) bond motifs is 9. The van der Waals surface area contributed by atoms with E-state index in [-0.39, 0.29) is 27.1 Å². The molecule has 2 aromatic heterocycles. The second-order valence-electron chi connectivity index (χ2n) is 25.7. The van der Waals surface area contributed by atoms with Crippen LogP contribution in [0, 0.1) is 0 Å². The van der Waals surface area contributed by atoms with E-state index in [1.54, 1.807) is 0 Å². The normalized spacial score (nSPS) is 17.0. The van der Waals surface area contributed by atoms with Crippen LogP contribution in [0.3, 0.4) is 0 Å². The van der Waals surface area contributed by atoms with Crippen LogP contribution in [0.25, 0.3) is 66.3 Å². The summed E-state index contributed by atoms with van der Waals surface area (Å²) in [5, 5.41) is 7.37. The highest BCUT2D eigenvalue weighted by Gasteiger charge is 2.42. The van der Waals surface area contributed by atoms with E-state index in [1.807, 2.05) is 0 Å². The van der Waals surface area contributed by atoms with Crippen LogP contribution < -0.4 is 21.3 Å². The number of para-hydroxylation sites is 1. The van der Waals surface area contributed by atoms with Crippen molar-refractivity contribution in [2.75, 3.05) is 10.2 Å². The topological polar surface area (TPSA) is 41.6 Å². The van der Waals surface area contributed by atoms with Gasteiger partial charge in [-0.05, 0) is 157 Å². The van der Waals surface area contributed by atoms with Gasteiger partial charge in [0.1, 0.15) is 16.7 Å². The van der Waals surface area contributed by atoms with Crippen LogP contribution in [0.1, 0.15) is 130 Å². The van der Waals surface area contributed by atoms with Gasteiger partial charge in [0.2, 0.25) is 7.28 Å². The SMILES string of the molecule is CC(C)(C)c1ccc(N2c3cc4c(oc5ccccc54)c(-c4ccc(-c5ccccc5)cc4Nc4ccc5c(c4)C(C)(C)CCC5(C)C)c3[B]c3oc4cc5c(cc4c32)C(C)(C)CCC5(C)C)c(-c2ccccc2)c1. The van der Waals surface area contributed by atoms with Crippen LogP contribution in [0.4, 0.5) is 28.4 Å². The van der Waals surface area contributed by atoms with Gasteiger partial charge in [0, 0.05) is 49.9 Å². The molecule has 373 valence electrons. The molecule has 13 rings (SSSR count). The van der Waals surface area contributed by atoms with Crippen molar-refractivity contribution in [2.45, 2.75) is 129 Å². The molecule has 1 aliphatic heterocycles. The predicted octanol–water partition coefficient (Wildman–Crippen LogP) is 18.5. The number of nitrogens with one attached hydrogen (secondary N) is 1. The third-order valence-corrected chi connectivity index (χ3v) is 17.8. The van der Waals surface area contributed by atoms with Gasteiger partial charge in [-0.1, -0.05) is 179 Å². The first kappa shape index (κ1) is 47.5. The minimum absolute atomic E-state index is 0.00222. The fraction of sp³-hybridized carbons (Fsp3) is 0.286. The van der Waals surface area contributed by atoms with Crippen molar-refractivity contribution in [1.29, 1.82) is 0 Å². The first-order chi connectivity index (χ1) is 35.8. The molecular weight excluding hydrogens is 912 g/mol. The Bertz CT molecular complexity index is 3940. The number of hydrogen-bond donors (Lipinski definition) is 1. The Morgan fingerprint density at radius 3 is 1.80 bits per heavy atom. The molecule has 3 heterocycles. The average molecular weight is 980 g/mol. The monoisotopic (exact) mass is 980 g/mol. The lowest BCUT2D eigenvalue weighted by atomic mass is 9.60. The molecule has 0 spiro atoms. The van der Waals surface area contributed by atoms with E-state index in [9.17, 15) is 0 Å². The van der Waals surface area contributed by atoms with Gasteiger partial charge in [0.25, 0.3) is 0 Å². The van der Waals surface area contributed by atoms with Gasteiger partial charge in [0.05, 0.1) is 17.0 Å². The molecule has 0 saturated heterocycles. The largest absolute Gasteiger partial charge is 0.469 e. The first-order valence-electron chi connectivity index (χ1n) is 27.3. The van der Waals surface area contributed by atoms with Gasteiger partial charge in [-0.15, -0.1) is 0 Å². The molecule has 0 saturated carbocycles. The highest BCUT2D eigenvalue weighted by molar-refractivity contribution is 6.73. The molecule has 0 fully saturated rings. The summed E-state index contributed by atoms with van der Waals surface area (Å²) in [6.07, 6.45) is 4.56. The number of furan rings is 2. The fourth-order valence-electron chi connectivity index (χ4n) is 13.0. The molecule has 2 aliphatic carbocycles. The zero-order valence-corrected chi connectivity index (χ0v) is 45.7. The van der Waals surface area contributed by atoms with E-state index in [0.29, 0.717) is 0 Å². The molecule has 0 unspecified atom stereocenters. The van der Waals surface area contributed by atoms with E-state index >= 15 is 0 Å². The van der Waals surface area contributed by atoms with Crippen LogP contribution in [0.15, 0.2) is 167 Å². The highest BCUT2D eigenvalue weighted by Crippen LogP contribution is 2.53. The summed E-state index contributed by atoms with van der Waals surface area (Å²) in [7, 11) is 2.32. The molecule has 75 heavy (non-hydrogen) atoms. The Morgan fingerprint density at radius 2 is 1.11 bits per heavy atom. The van der Waals surface area contributed by atoms with E-state index < -0.39 is 0 Å². The van der Waals surface area contributed by atoms with Gasteiger partial charge < -0.3 is 19.1 Å². The predicted molar refractivity (Wildman–Crippen MR) is 319 cm³/mol. The standard InChI is InChI=1S/C70H68BN2O2/c1-66(2,3)45-27-31-57(49(37-45)43-22-16-13-17-23-43)73-58-40-50-47-24-18-19-25-59(47)74-64(50)61(62(58)71-65-63(73)51-39-54-55(41-60(51)75-65)70(10,11)35-34-69(54,8)9)48-29-26-44(42-20-14-12-15-21-42)36-56(48)72-46-28-30-52-53(38-46)68(6,7)33-32-67(52,4)5/h12-31,36-41,72H,32-35H2,1-11H3. The van der Waals surface area contributed by atoms with Crippen molar-refractivity contribution in [3.63, 3.8) is 0 Å². The molecule has 5 heteroatoms. The number of hydrogen-bond acceptors (Lipinski definition) is 4. The van der Waals surface area contributed by atoms with Gasteiger partial charge in [0.15, 0.2) is 0 Å². The van der Waals surface area contributed by atoms with Gasteiger partial charge in [-0.2, -0.15) is 0 Å². The van der Waals surface area contributed by atoms with Crippen molar-refractivity contribution in [1.82, 2.24) is 0 Å². The molecule has 10 aromatic rings. The second-order valence-corrected chi connectivity index (χ2v) is 25.7. The quantitative estimate of drug-likeness (QED) is 0.169. The van der Waals surface area contributed by atoms with E-state index in [1.165, 1.54) is 45.4 Å². The fourth-order valence-corrected chi connectivity index (χ4v) is 13.0. The molecule has 0 amide bonds. The third-order valence-electron chi connectivity index (χ3n) is 17.8. The van der Waals surface area contributed by atoms with E-state index in [0.717, 1.165) is 114 Å². The minimum atomic E-state index is -0.0744. The molecule has 1 N–H and O–H groups in total. The summed E-state index contributed by atoms with van der Waals surface area (Å²) in [4.78, 5) is 2.54. The van der Waals surface area contributed by atoms with Gasteiger partial charge in [-0.25, -0.2) is 0 Å². The Labute approximate surface area is 444 Å². The smallest absolute Gasteiger partial charge is 0.247 e. The van der Waals surface area contributed by atoms with E-state index in [4.69, 9.17) is 8.83 Å². The number of rotatable bonds is 6. The van der Waals surface area contributed by atoms with Crippen molar-refractivity contribution in [2.24, 2.45) is 0 Å². The maximum Gasteiger partial charge on any atom is 0.247 e. The Hall–Kier alpha value is -7.24. The lowest BCUT2D eigenvalue weighted by molar-refractivity contribution is 0.332. The van der Waals surface area contributed by atoms with Crippen LogP contribution >= 0.6 is 0 Å². The zero-order valence-electron chi connectivity index (χ0n) is 45.7. The number of nitrogens with zero attached hydrogens (tertiary/aromatic N) is 1. The maximum atomic E-state index is 7.36. The number of anilines is 5. The van der Waals surface area contributed by atoms with Crippen molar-refractivity contribution in [3.8, 4) is 33.4 Å². The summed E-state index contributed by atoms with van der Waals surface area (Å²) >= 11 is 0. The molecular formula is C70H68BN2O2. The molecule has 0 atom stereocenters. The molecule has 0 bridgehead atoms. The lowest BCUT2D eigenvalue weighted by Gasteiger charge is -2.42. The van der Waals surface area contributed by atoms with Crippen LogP contribution in [-0.2, 0) is 27.1 Å². The average Bonchev–Trinajstić information content (AvgIpc) is 3.96. The summed E-state index contributed by atoms with van der Waals surface area (Å²) in [6.45, 7) is 26.2. The van der Waals surface area contributed by atoms with Gasteiger partial charge in [-0.3, -0.25) is 0 Å². The molecule has 1 radical (unpaired) electrons. The Balaban J connectivity index is 1.13. The zero-order chi connectivity index (χ0) is 52.0. The second kappa shape index (κ2) is 16.6. The number of benzene rings is 8. The third kappa shape index (κ3) is 7.70. The highest BCUT2D eigenvalue weighted by atomic mass is 16.3. The van der Waals surface area contributed by atoms with Crippen molar-refractivity contribution < 1.29 is 8.83 Å². The molecule has 8 aromatic carbocycles. The minimum Gasteiger partial charge on any atom is -0.469 e. The van der Waals surface area contributed by atoms with Crippen molar-refractivity contribution >= 4 is 79.7 Å². The van der Waals surface area contributed by atoms with Crippen molar-refractivity contribution in [3.05, 3.63) is 186 Å². The molecule has 3 aliphatic rings. The maximum absolute atomic E-state index is 7.36. The van der Waals surface area contributed by atoms with E-state index in [2.05, 4.69) is 251 Å². The first-order valence-corrected chi connectivity index (χ1v) is 27.3. The van der Waals surface area contributed by atoms with Gasteiger partial charge >= 0.3 is 0 Å².